The van der Waals surface area contributed by atoms with Gasteiger partial charge in [0.1, 0.15) is 0 Å². The zero-order chi connectivity index (χ0) is 19.2. The third-order valence-corrected chi connectivity index (χ3v) is 5.31. The molecule has 0 aliphatic carbocycles. The Morgan fingerprint density at radius 3 is 2.41 bits per heavy atom. The molecule has 1 saturated heterocycles. The van der Waals surface area contributed by atoms with E-state index < -0.39 is 0 Å². The molecule has 27 heavy (non-hydrogen) atoms. The van der Waals surface area contributed by atoms with E-state index in [-0.39, 0.29) is 6.04 Å². The molecule has 5 heteroatoms. The van der Waals surface area contributed by atoms with Gasteiger partial charge in [-0.25, -0.2) is 0 Å². The predicted octanol–water partition coefficient (Wildman–Crippen LogP) is 3.97. The molecule has 1 aliphatic heterocycles. The molecule has 0 saturated carbocycles. The standard InChI is InChI=1S/C22H29N3OS/c1-16-4-7-19(8-5-16)21(15-25-10-12-26-13-11-25)24-22(27)23-20-9-6-17(2)18(3)14-20/h4-9,14,21H,10-13,15H2,1-3H3,(H2,23,24,27)/t21-/m0/s1. The first-order valence-corrected chi connectivity index (χ1v) is 9.93. The van der Waals surface area contributed by atoms with Crippen molar-refractivity contribution in [2.45, 2.75) is 26.8 Å². The molecule has 0 unspecified atom stereocenters. The predicted molar refractivity (Wildman–Crippen MR) is 116 cm³/mol. The SMILES string of the molecule is Cc1ccc([C@H](CN2CCOCC2)NC(=S)Nc2ccc(C)c(C)c2)cc1. The van der Waals surface area contributed by atoms with Crippen molar-refractivity contribution in [1.29, 1.82) is 0 Å². The van der Waals surface area contributed by atoms with Crippen LogP contribution in [0.4, 0.5) is 5.69 Å². The lowest BCUT2D eigenvalue weighted by Gasteiger charge is -2.31. The number of ether oxygens (including phenoxy) is 1. The van der Waals surface area contributed by atoms with Crippen LogP contribution in [0.5, 0.6) is 0 Å². The number of nitrogens with zero attached hydrogens (tertiary/aromatic N) is 1. The number of benzene rings is 2. The van der Waals surface area contributed by atoms with Crippen molar-refractivity contribution in [3.8, 4) is 0 Å². The van der Waals surface area contributed by atoms with Crippen molar-refractivity contribution < 1.29 is 4.74 Å². The second-order valence-electron chi connectivity index (χ2n) is 7.27. The Balaban J connectivity index is 1.70. The maximum Gasteiger partial charge on any atom is 0.171 e. The lowest BCUT2D eigenvalue weighted by atomic mass is 10.0. The van der Waals surface area contributed by atoms with E-state index in [0.717, 1.165) is 38.5 Å². The van der Waals surface area contributed by atoms with Crippen LogP contribution in [0.1, 0.15) is 28.3 Å². The van der Waals surface area contributed by atoms with Gasteiger partial charge in [-0.3, -0.25) is 4.90 Å². The molecule has 1 fully saturated rings. The first-order valence-electron chi connectivity index (χ1n) is 9.53. The van der Waals surface area contributed by atoms with Crippen LogP contribution in [-0.4, -0.2) is 42.9 Å². The van der Waals surface area contributed by atoms with Gasteiger partial charge in [-0.05, 0) is 61.8 Å². The first-order chi connectivity index (χ1) is 13.0. The average Bonchev–Trinajstić information content (AvgIpc) is 2.66. The fourth-order valence-corrected chi connectivity index (χ4v) is 3.48. The second kappa shape index (κ2) is 9.31. The quantitative estimate of drug-likeness (QED) is 0.764. The molecule has 0 bridgehead atoms. The molecular weight excluding hydrogens is 354 g/mol. The number of hydrogen-bond acceptors (Lipinski definition) is 3. The molecule has 4 nitrogen and oxygen atoms in total. The van der Waals surface area contributed by atoms with Gasteiger partial charge >= 0.3 is 0 Å². The Labute approximate surface area is 167 Å². The van der Waals surface area contributed by atoms with Crippen LogP contribution in [-0.2, 0) is 4.74 Å². The van der Waals surface area contributed by atoms with Crippen molar-refractivity contribution in [3.63, 3.8) is 0 Å². The van der Waals surface area contributed by atoms with Crippen molar-refractivity contribution in [3.05, 3.63) is 64.7 Å². The minimum atomic E-state index is 0.134. The molecule has 1 atom stereocenters. The molecule has 0 aromatic heterocycles. The van der Waals surface area contributed by atoms with Gasteiger partial charge in [-0.2, -0.15) is 0 Å². The van der Waals surface area contributed by atoms with Crippen molar-refractivity contribution in [2.75, 3.05) is 38.2 Å². The fourth-order valence-electron chi connectivity index (χ4n) is 3.22. The minimum Gasteiger partial charge on any atom is -0.379 e. The Morgan fingerprint density at radius 1 is 1.04 bits per heavy atom. The Bertz CT molecular complexity index is 770. The van der Waals surface area contributed by atoms with E-state index in [0.29, 0.717) is 5.11 Å². The van der Waals surface area contributed by atoms with Crippen LogP contribution in [0.3, 0.4) is 0 Å². The highest BCUT2D eigenvalue weighted by Gasteiger charge is 2.19. The number of rotatable bonds is 5. The summed E-state index contributed by atoms with van der Waals surface area (Å²) in [7, 11) is 0. The number of thiocarbonyl (C=S) groups is 1. The number of nitrogens with one attached hydrogen (secondary N) is 2. The summed E-state index contributed by atoms with van der Waals surface area (Å²) in [6, 6.07) is 15.1. The number of morpholine rings is 1. The summed E-state index contributed by atoms with van der Waals surface area (Å²) < 4.78 is 5.48. The summed E-state index contributed by atoms with van der Waals surface area (Å²) in [5.41, 5.74) is 6.07. The highest BCUT2D eigenvalue weighted by atomic mass is 32.1. The molecule has 2 aromatic rings. The summed E-state index contributed by atoms with van der Waals surface area (Å²) in [5, 5.41) is 7.51. The molecule has 0 amide bonds. The normalized spacial score (nSPS) is 16.0. The third kappa shape index (κ3) is 5.76. The average molecular weight is 384 g/mol. The molecule has 0 radical (unpaired) electrons. The number of anilines is 1. The largest absolute Gasteiger partial charge is 0.379 e. The Morgan fingerprint density at radius 2 is 1.74 bits per heavy atom. The van der Waals surface area contributed by atoms with Crippen molar-refractivity contribution >= 4 is 23.0 Å². The summed E-state index contributed by atoms with van der Waals surface area (Å²) in [6.45, 7) is 10.8. The first kappa shape index (κ1) is 19.8. The van der Waals surface area contributed by atoms with Crippen LogP contribution in [0.25, 0.3) is 0 Å². The number of hydrogen-bond donors (Lipinski definition) is 2. The van der Waals surface area contributed by atoms with E-state index >= 15 is 0 Å². The fraction of sp³-hybridized carbons (Fsp3) is 0.409. The van der Waals surface area contributed by atoms with E-state index in [4.69, 9.17) is 17.0 Å². The number of aryl methyl sites for hydroxylation is 3. The smallest absolute Gasteiger partial charge is 0.171 e. The van der Waals surface area contributed by atoms with E-state index in [1.165, 1.54) is 22.3 Å². The van der Waals surface area contributed by atoms with Crippen LogP contribution < -0.4 is 10.6 Å². The van der Waals surface area contributed by atoms with Crippen molar-refractivity contribution in [1.82, 2.24) is 10.2 Å². The van der Waals surface area contributed by atoms with Crippen LogP contribution in [0.15, 0.2) is 42.5 Å². The molecular formula is C22H29N3OS. The maximum absolute atomic E-state index is 5.62. The molecule has 2 N–H and O–H groups in total. The summed E-state index contributed by atoms with van der Waals surface area (Å²) >= 11 is 5.62. The van der Waals surface area contributed by atoms with Gasteiger partial charge in [0.2, 0.25) is 0 Å². The molecule has 3 rings (SSSR count). The van der Waals surface area contributed by atoms with Crippen molar-refractivity contribution in [2.24, 2.45) is 0 Å². The lowest BCUT2D eigenvalue weighted by Crippen LogP contribution is -2.44. The lowest BCUT2D eigenvalue weighted by molar-refractivity contribution is 0.0344. The molecule has 2 aromatic carbocycles. The van der Waals surface area contributed by atoms with Gasteiger partial charge in [-0.1, -0.05) is 35.9 Å². The van der Waals surface area contributed by atoms with Crippen LogP contribution >= 0.6 is 12.2 Å². The molecule has 0 spiro atoms. The molecule has 1 heterocycles. The second-order valence-corrected chi connectivity index (χ2v) is 7.68. The molecule has 144 valence electrons. The zero-order valence-electron chi connectivity index (χ0n) is 16.4. The van der Waals surface area contributed by atoms with Gasteiger partial charge in [0, 0.05) is 25.3 Å². The van der Waals surface area contributed by atoms with E-state index in [1.54, 1.807) is 0 Å². The summed E-state index contributed by atoms with van der Waals surface area (Å²) in [6.07, 6.45) is 0. The van der Waals surface area contributed by atoms with Gasteiger partial charge in [0.25, 0.3) is 0 Å². The van der Waals surface area contributed by atoms with Gasteiger partial charge < -0.3 is 15.4 Å². The highest BCUT2D eigenvalue weighted by molar-refractivity contribution is 7.80. The van der Waals surface area contributed by atoms with Crippen LogP contribution in [0, 0.1) is 20.8 Å². The highest BCUT2D eigenvalue weighted by Crippen LogP contribution is 2.18. The van der Waals surface area contributed by atoms with Gasteiger partial charge in [0.05, 0.1) is 19.3 Å². The van der Waals surface area contributed by atoms with Gasteiger partial charge in [0.15, 0.2) is 5.11 Å². The van der Waals surface area contributed by atoms with E-state index in [1.807, 2.05) is 0 Å². The Hall–Kier alpha value is -1.95. The molecule has 1 aliphatic rings. The zero-order valence-corrected chi connectivity index (χ0v) is 17.2. The topological polar surface area (TPSA) is 36.5 Å². The minimum absolute atomic E-state index is 0.134. The maximum atomic E-state index is 5.62. The van der Waals surface area contributed by atoms with Crippen LogP contribution in [0.2, 0.25) is 0 Å². The third-order valence-electron chi connectivity index (χ3n) is 5.09. The monoisotopic (exact) mass is 383 g/mol. The Kier molecular flexibility index (Phi) is 6.83. The van der Waals surface area contributed by atoms with Gasteiger partial charge in [-0.15, -0.1) is 0 Å². The summed E-state index contributed by atoms with van der Waals surface area (Å²) in [4.78, 5) is 2.43. The van der Waals surface area contributed by atoms with E-state index in [2.05, 4.69) is 78.8 Å². The van der Waals surface area contributed by atoms with E-state index in [9.17, 15) is 0 Å². The summed E-state index contributed by atoms with van der Waals surface area (Å²) in [5.74, 6) is 0.